The highest BCUT2D eigenvalue weighted by Crippen LogP contribution is 2.27. The molecule has 0 atom stereocenters. The fourth-order valence-electron chi connectivity index (χ4n) is 2.73. The lowest BCUT2D eigenvalue weighted by molar-refractivity contribution is 0.310. The summed E-state index contributed by atoms with van der Waals surface area (Å²) in [5.74, 6) is 0.876. The molecule has 0 saturated carbocycles. The second kappa shape index (κ2) is 8.73. The largest absolute Gasteiger partial charge is 0.399 e. The van der Waals surface area contributed by atoms with Crippen molar-refractivity contribution in [1.82, 2.24) is 0 Å². The Balaban J connectivity index is 2.82. The van der Waals surface area contributed by atoms with Crippen LogP contribution in [0.5, 0.6) is 0 Å². The molecule has 0 saturated heterocycles. The van der Waals surface area contributed by atoms with Crippen LogP contribution in [0.3, 0.4) is 0 Å². The molecule has 0 radical (unpaired) electrons. The van der Waals surface area contributed by atoms with E-state index in [-0.39, 0.29) is 0 Å². The maximum Gasteiger partial charge on any atom is 0.0975 e. The van der Waals surface area contributed by atoms with Gasteiger partial charge in [0.05, 0.1) is 11.5 Å². The van der Waals surface area contributed by atoms with Gasteiger partial charge in [-0.2, -0.15) is 0 Å². The highest BCUT2D eigenvalue weighted by Gasteiger charge is 2.15. The van der Waals surface area contributed by atoms with Gasteiger partial charge in [-0.25, -0.2) is 0 Å². The molecule has 0 spiro atoms. The van der Waals surface area contributed by atoms with E-state index in [1.807, 2.05) is 25.1 Å². The van der Waals surface area contributed by atoms with Crippen molar-refractivity contribution in [1.29, 1.82) is 0 Å². The lowest BCUT2D eigenvalue weighted by atomic mass is 9.85. The van der Waals surface area contributed by atoms with Crippen molar-refractivity contribution in [2.45, 2.75) is 53.5 Å². The normalized spacial score (nSPS) is 12.3. The molecule has 0 unspecified atom stereocenters. The van der Waals surface area contributed by atoms with Crippen molar-refractivity contribution in [2.75, 3.05) is 11.9 Å². The Morgan fingerprint density at radius 1 is 1.30 bits per heavy atom. The maximum atomic E-state index is 5.89. The zero-order chi connectivity index (χ0) is 17.5. The third-order valence-electron chi connectivity index (χ3n) is 4.09. The molecule has 0 amide bonds. The van der Waals surface area contributed by atoms with Crippen LogP contribution in [0.25, 0.3) is 5.70 Å². The van der Waals surface area contributed by atoms with E-state index in [0.29, 0.717) is 17.7 Å². The van der Waals surface area contributed by atoms with Crippen LogP contribution in [0.4, 0.5) is 5.69 Å². The molecule has 4 nitrogen and oxygen atoms in total. The van der Waals surface area contributed by atoms with E-state index in [1.165, 1.54) is 12.8 Å². The second-order valence-corrected chi connectivity index (χ2v) is 6.83. The van der Waals surface area contributed by atoms with Crippen molar-refractivity contribution >= 4 is 17.2 Å². The van der Waals surface area contributed by atoms with Crippen LogP contribution in [0.15, 0.2) is 29.8 Å². The summed E-state index contributed by atoms with van der Waals surface area (Å²) in [6.45, 7) is 13.9. The van der Waals surface area contributed by atoms with Crippen LogP contribution in [0.2, 0.25) is 0 Å². The summed E-state index contributed by atoms with van der Waals surface area (Å²) in [5, 5.41) is 3.36. The van der Waals surface area contributed by atoms with E-state index in [0.717, 1.165) is 35.6 Å². The van der Waals surface area contributed by atoms with Crippen LogP contribution >= 0.6 is 0 Å². The van der Waals surface area contributed by atoms with Gasteiger partial charge in [-0.15, -0.1) is 0 Å². The summed E-state index contributed by atoms with van der Waals surface area (Å²) < 4.78 is 0. The molecule has 5 N–H and O–H groups in total. The van der Waals surface area contributed by atoms with Gasteiger partial charge in [0.15, 0.2) is 0 Å². The Morgan fingerprint density at radius 3 is 2.57 bits per heavy atom. The Bertz CT molecular complexity index is 558. The van der Waals surface area contributed by atoms with Crippen molar-refractivity contribution in [3.63, 3.8) is 0 Å². The quantitative estimate of drug-likeness (QED) is 0.499. The topological polar surface area (TPSA) is 76.4 Å². The first-order valence-corrected chi connectivity index (χ1v) is 8.35. The van der Waals surface area contributed by atoms with Crippen molar-refractivity contribution in [3.8, 4) is 0 Å². The van der Waals surface area contributed by atoms with E-state index in [9.17, 15) is 0 Å². The van der Waals surface area contributed by atoms with Gasteiger partial charge in [-0.1, -0.05) is 52.0 Å². The van der Waals surface area contributed by atoms with Gasteiger partial charge < -0.3 is 16.8 Å². The molecule has 0 bridgehead atoms. The zero-order valence-corrected chi connectivity index (χ0v) is 15.1. The van der Waals surface area contributed by atoms with E-state index in [2.05, 4.69) is 37.7 Å². The SMILES string of the molecule is C=C(N)c1cccc(CN)c1NC(C)=NCCC(C)(C)CCC. The number of aliphatic imine (C=N–C) groups is 1. The molecule has 1 rings (SSSR count). The van der Waals surface area contributed by atoms with E-state index in [4.69, 9.17) is 11.5 Å². The molecular formula is C19H32N4. The lowest BCUT2D eigenvalue weighted by Gasteiger charge is -2.23. The molecule has 128 valence electrons. The minimum atomic E-state index is 0.338. The first kappa shape index (κ1) is 19.2. The average molecular weight is 316 g/mol. The number of hydrogen-bond donors (Lipinski definition) is 3. The molecule has 0 fully saturated rings. The van der Waals surface area contributed by atoms with Gasteiger partial charge in [0, 0.05) is 24.4 Å². The Kier molecular flexibility index (Phi) is 7.30. The van der Waals surface area contributed by atoms with Crippen molar-refractivity contribution < 1.29 is 0 Å². The number of anilines is 1. The predicted octanol–water partition coefficient (Wildman–Crippen LogP) is 4.12. The Hall–Kier alpha value is -1.81. The summed E-state index contributed by atoms with van der Waals surface area (Å²) in [7, 11) is 0. The average Bonchev–Trinajstić information content (AvgIpc) is 2.46. The smallest absolute Gasteiger partial charge is 0.0975 e. The summed E-state index contributed by atoms with van der Waals surface area (Å²) in [4.78, 5) is 4.66. The number of benzene rings is 1. The number of nitrogens with one attached hydrogen (secondary N) is 1. The van der Waals surface area contributed by atoms with Gasteiger partial charge >= 0.3 is 0 Å². The van der Waals surface area contributed by atoms with Gasteiger partial charge in [0.2, 0.25) is 0 Å². The number of rotatable bonds is 8. The standard InChI is InChI=1S/C19H32N4/c1-6-10-19(4,5)11-12-22-15(3)23-18-16(13-20)8-7-9-17(18)14(2)21/h7-9H,2,6,10-13,20-21H2,1,3-5H3,(H,22,23). The molecule has 0 aromatic heterocycles. The summed E-state index contributed by atoms with van der Waals surface area (Å²) >= 11 is 0. The molecule has 0 aliphatic carbocycles. The first-order valence-electron chi connectivity index (χ1n) is 8.35. The summed E-state index contributed by atoms with van der Waals surface area (Å²) in [5.41, 5.74) is 15.4. The van der Waals surface area contributed by atoms with E-state index >= 15 is 0 Å². The number of para-hydroxylation sites is 1. The predicted molar refractivity (Wildman–Crippen MR) is 102 cm³/mol. The first-order chi connectivity index (χ1) is 10.8. The molecule has 1 aromatic rings. The number of hydrogen-bond acceptors (Lipinski definition) is 3. The molecule has 0 heterocycles. The third kappa shape index (κ3) is 6.06. The minimum absolute atomic E-state index is 0.338. The van der Waals surface area contributed by atoms with Gasteiger partial charge in [-0.05, 0) is 30.7 Å². The number of nitrogens with two attached hydrogens (primary N) is 2. The Morgan fingerprint density at radius 2 is 2.00 bits per heavy atom. The van der Waals surface area contributed by atoms with Crippen LogP contribution in [-0.4, -0.2) is 12.4 Å². The number of nitrogens with zero attached hydrogens (tertiary/aromatic N) is 1. The molecule has 4 heteroatoms. The van der Waals surface area contributed by atoms with Gasteiger partial charge in [-0.3, -0.25) is 4.99 Å². The fourth-order valence-corrected chi connectivity index (χ4v) is 2.73. The third-order valence-corrected chi connectivity index (χ3v) is 4.09. The second-order valence-electron chi connectivity index (χ2n) is 6.83. The zero-order valence-electron chi connectivity index (χ0n) is 15.1. The summed E-state index contributed by atoms with van der Waals surface area (Å²) in [6, 6.07) is 5.88. The molecule has 0 aliphatic heterocycles. The van der Waals surface area contributed by atoms with E-state index in [1.54, 1.807) is 0 Å². The fraction of sp³-hybridized carbons (Fsp3) is 0.526. The monoisotopic (exact) mass is 316 g/mol. The molecule has 23 heavy (non-hydrogen) atoms. The molecule has 0 aliphatic rings. The highest BCUT2D eigenvalue weighted by atomic mass is 15.0. The van der Waals surface area contributed by atoms with Gasteiger partial charge in [0.25, 0.3) is 0 Å². The van der Waals surface area contributed by atoms with Crippen LogP contribution < -0.4 is 16.8 Å². The van der Waals surface area contributed by atoms with Crippen LogP contribution in [-0.2, 0) is 6.54 Å². The van der Waals surface area contributed by atoms with Gasteiger partial charge in [0.1, 0.15) is 0 Å². The molecule has 1 aromatic carbocycles. The van der Waals surface area contributed by atoms with E-state index < -0.39 is 0 Å². The van der Waals surface area contributed by atoms with Crippen LogP contribution in [0.1, 0.15) is 58.1 Å². The van der Waals surface area contributed by atoms with Crippen LogP contribution in [0, 0.1) is 5.41 Å². The summed E-state index contributed by atoms with van der Waals surface area (Å²) in [6.07, 6.45) is 3.51. The maximum absolute atomic E-state index is 5.89. The minimum Gasteiger partial charge on any atom is -0.399 e. The lowest BCUT2D eigenvalue weighted by Crippen LogP contribution is -2.16. The van der Waals surface area contributed by atoms with Crippen molar-refractivity contribution in [3.05, 3.63) is 35.9 Å². The highest BCUT2D eigenvalue weighted by molar-refractivity contribution is 5.97. The van der Waals surface area contributed by atoms with Crippen molar-refractivity contribution in [2.24, 2.45) is 21.9 Å². The number of amidine groups is 1. The molecular weight excluding hydrogens is 284 g/mol. The Labute approximate surface area is 141 Å².